The number of aromatic amines is 2. The van der Waals surface area contributed by atoms with E-state index in [-0.39, 0.29) is 5.82 Å². The van der Waals surface area contributed by atoms with Gasteiger partial charge in [0.05, 0.1) is 6.33 Å². The van der Waals surface area contributed by atoms with Crippen LogP contribution in [0.3, 0.4) is 0 Å². The van der Waals surface area contributed by atoms with E-state index in [1.807, 2.05) is 0 Å². The Balaban J connectivity index is 0.000000145. The van der Waals surface area contributed by atoms with Crippen LogP contribution in [-0.4, -0.2) is 24.9 Å². The first-order valence-electron chi connectivity index (χ1n) is 3.36. The van der Waals surface area contributed by atoms with Gasteiger partial charge in [0.1, 0.15) is 6.20 Å². The Labute approximate surface area is 73.0 Å². The van der Waals surface area contributed by atoms with Crippen molar-refractivity contribution in [1.29, 1.82) is 0 Å². The molecule has 0 amide bonds. The number of nitrogens with one attached hydrogen (secondary N) is 2. The van der Waals surface area contributed by atoms with Gasteiger partial charge in [0, 0.05) is 12.4 Å². The van der Waals surface area contributed by atoms with Crippen LogP contribution in [-0.2, 0) is 0 Å². The topological polar surface area (TPSA) is 100 Å². The number of aromatic nitrogens is 4. The number of hydrogen-bond donors (Lipinski definition) is 2. The van der Waals surface area contributed by atoms with Gasteiger partial charge in [-0.15, -0.1) is 0 Å². The number of rotatable bonds is 1. The highest BCUT2D eigenvalue weighted by molar-refractivity contribution is 5.09. The third-order valence-electron chi connectivity index (χ3n) is 1.09. The van der Waals surface area contributed by atoms with Crippen molar-refractivity contribution in [2.24, 2.45) is 0 Å². The SMILES string of the molecule is O=[N+]([O-])c1cnc[nH]1.c1c[nH]cn1. The van der Waals surface area contributed by atoms with Gasteiger partial charge in [-0.05, 0) is 4.92 Å². The maximum atomic E-state index is 9.80. The normalized spacial score (nSPS) is 8.62. The molecule has 0 fully saturated rings. The quantitative estimate of drug-likeness (QED) is 0.500. The van der Waals surface area contributed by atoms with Crippen LogP contribution in [0.15, 0.2) is 31.2 Å². The lowest BCUT2D eigenvalue weighted by molar-refractivity contribution is -0.389. The van der Waals surface area contributed by atoms with Crippen LogP contribution in [0.2, 0.25) is 0 Å². The Hall–Kier alpha value is -2.18. The summed E-state index contributed by atoms with van der Waals surface area (Å²) in [7, 11) is 0. The highest BCUT2D eigenvalue weighted by Crippen LogP contribution is 1.99. The molecule has 7 nitrogen and oxygen atoms in total. The second kappa shape index (κ2) is 4.65. The Bertz CT molecular complexity index is 311. The zero-order valence-corrected chi connectivity index (χ0v) is 6.54. The summed E-state index contributed by atoms with van der Waals surface area (Å²) in [5, 5.41) is 9.80. The fraction of sp³-hybridized carbons (Fsp3) is 0. The van der Waals surface area contributed by atoms with Gasteiger partial charge in [-0.2, -0.15) is 0 Å². The standard InChI is InChI=1S/C3H3N3O2.C3H4N2/c7-6(8)3-1-4-2-5-3;1-2-5-3-4-1/h1-2H,(H,4,5);1-3H,(H,4,5). The van der Waals surface area contributed by atoms with Gasteiger partial charge >= 0.3 is 5.82 Å². The molecule has 0 atom stereocenters. The summed E-state index contributed by atoms with van der Waals surface area (Å²) in [6.45, 7) is 0. The lowest BCUT2D eigenvalue weighted by Gasteiger charge is -1.83. The molecule has 0 aliphatic heterocycles. The van der Waals surface area contributed by atoms with Gasteiger partial charge in [0.25, 0.3) is 0 Å². The molecule has 0 aliphatic rings. The zero-order chi connectivity index (χ0) is 9.52. The van der Waals surface area contributed by atoms with E-state index in [1.54, 1.807) is 18.7 Å². The number of nitrogens with zero attached hydrogens (tertiary/aromatic N) is 3. The molecule has 0 spiro atoms. The molecule has 2 aromatic rings. The van der Waals surface area contributed by atoms with E-state index in [9.17, 15) is 10.1 Å². The van der Waals surface area contributed by atoms with Crippen LogP contribution in [0.4, 0.5) is 5.82 Å². The number of nitro groups is 1. The molecular formula is C6H7N5O2. The van der Waals surface area contributed by atoms with Crippen LogP contribution >= 0.6 is 0 Å². The van der Waals surface area contributed by atoms with Crippen molar-refractivity contribution in [2.75, 3.05) is 0 Å². The van der Waals surface area contributed by atoms with Crippen LogP contribution < -0.4 is 0 Å². The minimum Gasteiger partial charge on any atom is -0.358 e. The first kappa shape index (κ1) is 8.91. The summed E-state index contributed by atoms with van der Waals surface area (Å²) in [4.78, 5) is 21.5. The summed E-state index contributed by atoms with van der Waals surface area (Å²) < 4.78 is 0. The lowest BCUT2D eigenvalue weighted by atomic mass is 10.8. The lowest BCUT2D eigenvalue weighted by Crippen LogP contribution is -1.85. The second-order valence-electron chi connectivity index (χ2n) is 1.95. The molecule has 0 bridgehead atoms. The van der Waals surface area contributed by atoms with Gasteiger partial charge in [-0.3, -0.25) is 0 Å². The second-order valence-corrected chi connectivity index (χ2v) is 1.95. The van der Waals surface area contributed by atoms with Crippen LogP contribution in [0.25, 0.3) is 0 Å². The van der Waals surface area contributed by atoms with E-state index < -0.39 is 4.92 Å². The molecular weight excluding hydrogens is 174 g/mol. The number of H-pyrrole nitrogens is 2. The van der Waals surface area contributed by atoms with Crippen molar-refractivity contribution in [3.63, 3.8) is 0 Å². The summed E-state index contributed by atoms with van der Waals surface area (Å²) in [5.41, 5.74) is 0. The third-order valence-corrected chi connectivity index (χ3v) is 1.09. The number of imidazole rings is 2. The first-order chi connectivity index (χ1) is 6.30. The van der Waals surface area contributed by atoms with Gasteiger partial charge in [-0.1, -0.05) is 0 Å². The van der Waals surface area contributed by atoms with Gasteiger partial charge in [0.15, 0.2) is 6.33 Å². The van der Waals surface area contributed by atoms with Crippen LogP contribution in [0.5, 0.6) is 0 Å². The van der Waals surface area contributed by atoms with E-state index in [0.717, 1.165) is 6.20 Å². The van der Waals surface area contributed by atoms with Gasteiger partial charge < -0.3 is 15.1 Å². The monoisotopic (exact) mass is 181 g/mol. The number of hydrogen-bond acceptors (Lipinski definition) is 4. The van der Waals surface area contributed by atoms with Crippen molar-refractivity contribution < 1.29 is 4.92 Å². The highest BCUT2D eigenvalue weighted by Gasteiger charge is 1.99. The molecule has 0 saturated heterocycles. The molecule has 13 heavy (non-hydrogen) atoms. The summed E-state index contributed by atoms with van der Waals surface area (Å²) in [6.07, 6.45) is 7.50. The van der Waals surface area contributed by atoms with Gasteiger partial charge in [-0.25, -0.2) is 15.0 Å². The van der Waals surface area contributed by atoms with Gasteiger partial charge in [0.2, 0.25) is 0 Å². The van der Waals surface area contributed by atoms with Crippen molar-refractivity contribution in [3.8, 4) is 0 Å². The molecule has 2 rings (SSSR count). The Kier molecular flexibility index (Phi) is 3.19. The summed E-state index contributed by atoms with van der Waals surface area (Å²) in [5.74, 6) is -0.0787. The molecule has 7 heteroatoms. The molecule has 0 saturated carbocycles. The van der Waals surface area contributed by atoms with Crippen molar-refractivity contribution in [1.82, 2.24) is 19.9 Å². The molecule has 68 valence electrons. The average Bonchev–Trinajstić information content (AvgIpc) is 2.82. The maximum Gasteiger partial charge on any atom is 0.340 e. The zero-order valence-electron chi connectivity index (χ0n) is 6.54. The van der Waals surface area contributed by atoms with E-state index >= 15 is 0 Å². The predicted molar refractivity (Wildman–Crippen MR) is 43.8 cm³/mol. The van der Waals surface area contributed by atoms with Crippen molar-refractivity contribution >= 4 is 5.82 Å². The molecule has 2 heterocycles. The molecule has 0 radical (unpaired) electrons. The molecule has 0 unspecified atom stereocenters. The fourth-order valence-electron chi connectivity index (χ4n) is 0.564. The summed E-state index contributed by atoms with van der Waals surface area (Å²) >= 11 is 0. The largest absolute Gasteiger partial charge is 0.358 e. The minimum atomic E-state index is -0.535. The summed E-state index contributed by atoms with van der Waals surface area (Å²) in [6, 6.07) is 0. The van der Waals surface area contributed by atoms with Crippen molar-refractivity contribution in [3.05, 3.63) is 41.4 Å². The van der Waals surface area contributed by atoms with E-state index in [4.69, 9.17) is 0 Å². The predicted octanol–water partition coefficient (Wildman–Crippen LogP) is 0.728. The average molecular weight is 181 g/mol. The van der Waals surface area contributed by atoms with Crippen LogP contribution in [0.1, 0.15) is 0 Å². The molecule has 2 N–H and O–H groups in total. The fourth-order valence-corrected chi connectivity index (χ4v) is 0.564. The minimum absolute atomic E-state index is 0.0787. The third kappa shape index (κ3) is 3.14. The Morgan fingerprint density at radius 2 is 2.23 bits per heavy atom. The molecule has 2 aromatic heterocycles. The Morgan fingerprint density at radius 1 is 1.38 bits per heavy atom. The van der Waals surface area contributed by atoms with Crippen molar-refractivity contribution in [2.45, 2.75) is 0 Å². The molecule has 0 aromatic carbocycles. The molecule has 0 aliphatic carbocycles. The van der Waals surface area contributed by atoms with E-state index in [1.165, 1.54) is 6.33 Å². The highest BCUT2D eigenvalue weighted by atomic mass is 16.6. The van der Waals surface area contributed by atoms with E-state index in [2.05, 4.69) is 19.9 Å². The van der Waals surface area contributed by atoms with Crippen LogP contribution in [0, 0.1) is 10.1 Å². The maximum absolute atomic E-state index is 9.80. The smallest absolute Gasteiger partial charge is 0.340 e. The first-order valence-corrected chi connectivity index (χ1v) is 3.36. The van der Waals surface area contributed by atoms with E-state index in [0.29, 0.717) is 0 Å². The Morgan fingerprint density at radius 3 is 2.46 bits per heavy atom.